The Labute approximate surface area is 196 Å². The van der Waals surface area contributed by atoms with E-state index in [9.17, 15) is 0 Å². The Kier molecular flexibility index (Phi) is 4.47. The van der Waals surface area contributed by atoms with Crippen LogP contribution in [0.2, 0.25) is 0 Å². The fourth-order valence-electron chi connectivity index (χ4n) is 6.13. The number of benzene rings is 4. The van der Waals surface area contributed by atoms with Crippen LogP contribution in [0.4, 0.5) is 0 Å². The van der Waals surface area contributed by atoms with Crippen LogP contribution in [0.1, 0.15) is 60.1 Å². The Bertz CT molecular complexity index is 1340. The highest BCUT2D eigenvalue weighted by Crippen LogP contribution is 2.62. The molecule has 2 aliphatic rings. The molecule has 0 aliphatic heterocycles. The van der Waals surface area contributed by atoms with Gasteiger partial charge in [-0.25, -0.2) is 0 Å². The van der Waals surface area contributed by atoms with Gasteiger partial charge in [-0.3, -0.25) is 0 Å². The van der Waals surface area contributed by atoms with Crippen LogP contribution in [0.15, 0.2) is 97.1 Å². The molecule has 1 nitrogen and oxygen atoms in total. The van der Waals surface area contributed by atoms with Gasteiger partial charge in [-0.2, -0.15) is 0 Å². The predicted molar refractivity (Wildman–Crippen MR) is 139 cm³/mol. The lowest BCUT2D eigenvalue weighted by molar-refractivity contribution is 0.413. The topological polar surface area (TPSA) is 26.0 Å². The third-order valence-corrected chi connectivity index (χ3v) is 8.05. The Morgan fingerprint density at radius 2 is 1.15 bits per heavy atom. The first kappa shape index (κ1) is 20.2. The summed E-state index contributed by atoms with van der Waals surface area (Å²) in [6, 6.07) is 35.8. The third-order valence-electron chi connectivity index (χ3n) is 8.05. The molecule has 0 radical (unpaired) electrons. The summed E-state index contributed by atoms with van der Waals surface area (Å²) in [5, 5.41) is 0. The van der Waals surface area contributed by atoms with Crippen LogP contribution in [0.5, 0.6) is 0 Å². The molecule has 0 bridgehead atoms. The number of hydrogen-bond donors (Lipinski definition) is 1. The largest absolute Gasteiger partial charge is 0.321 e. The van der Waals surface area contributed by atoms with Crippen molar-refractivity contribution in [2.24, 2.45) is 5.73 Å². The molecule has 0 heterocycles. The van der Waals surface area contributed by atoms with Crippen molar-refractivity contribution in [1.29, 1.82) is 0 Å². The average Bonchev–Trinajstić information content (AvgIpc) is 3.39. The van der Waals surface area contributed by atoms with E-state index in [1.54, 1.807) is 0 Å². The van der Waals surface area contributed by atoms with Gasteiger partial charge in [-0.1, -0.05) is 111 Å². The second kappa shape index (κ2) is 7.30. The first-order valence-electron chi connectivity index (χ1n) is 12.0. The Hall–Kier alpha value is -3.42. The smallest absolute Gasteiger partial charge is 0.0725 e. The molecule has 0 amide bonds. The van der Waals surface area contributed by atoms with Crippen molar-refractivity contribution in [2.75, 3.05) is 0 Å². The van der Waals surface area contributed by atoms with Crippen molar-refractivity contribution in [2.45, 2.75) is 37.6 Å². The van der Waals surface area contributed by atoms with Gasteiger partial charge in [-0.15, -0.1) is 0 Å². The Morgan fingerprint density at radius 1 is 0.636 bits per heavy atom. The predicted octanol–water partition coefficient (Wildman–Crippen LogP) is 7.53. The molecule has 0 saturated carbocycles. The summed E-state index contributed by atoms with van der Waals surface area (Å²) < 4.78 is 0. The van der Waals surface area contributed by atoms with E-state index >= 15 is 0 Å². The minimum Gasteiger partial charge on any atom is -0.321 e. The van der Waals surface area contributed by atoms with Gasteiger partial charge < -0.3 is 5.73 Å². The molecule has 1 spiro atoms. The van der Waals surface area contributed by atoms with E-state index in [-0.39, 0.29) is 11.0 Å². The summed E-state index contributed by atoms with van der Waals surface area (Å²) in [5.41, 5.74) is 18.1. The molecular weight excluding hydrogens is 398 g/mol. The first-order valence-corrected chi connectivity index (χ1v) is 12.0. The zero-order valence-electron chi connectivity index (χ0n) is 19.3. The van der Waals surface area contributed by atoms with Gasteiger partial charge in [0, 0.05) is 5.54 Å². The van der Waals surface area contributed by atoms with Crippen LogP contribution in [0, 0.1) is 0 Å². The van der Waals surface area contributed by atoms with E-state index < -0.39 is 0 Å². The normalized spacial score (nSPS) is 15.2. The van der Waals surface area contributed by atoms with Crippen LogP contribution in [-0.2, 0) is 11.0 Å². The fraction of sp³-hybridized carbons (Fsp3) is 0.188. The van der Waals surface area contributed by atoms with Gasteiger partial charge in [0.25, 0.3) is 0 Å². The second-order valence-electron chi connectivity index (χ2n) is 9.43. The molecule has 4 aromatic rings. The van der Waals surface area contributed by atoms with Crippen LogP contribution < -0.4 is 5.73 Å². The van der Waals surface area contributed by atoms with Gasteiger partial charge in [0.15, 0.2) is 0 Å². The van der Waals surface area contributed by atoms with Crippen molar-refractivity contribution >= 4 is 11.6 Å². The monoisotopic (exact) mass is 427 g/mol. The molecule has 0 unspecified atom stereocenters. The van der Waals surface area contributed by atoms with Gasteiger partial charge >= 0.3 is 0 Å². The van der Waals surface area contributed by atoms with Crippen molar-refractivity contribution in [1.82, 2.24) is 0 Å². The lowest BCUT2D eigenvalue weighted by Gasteiger charge is -2.33. The van der Waals surface area contributed by atoms with Crippen LogP contribution in [-0.4, -0.2) is 0 Å². The number of rotatable bonds is 4. The van der Waals surface area contributed by atoms with Gasteiger partial charge in [0.1, 0.15) is 0 Å². The standard InChI is InChI=1S/C32H29N/c1-3-31(33,4-2)24-19-17-22(18-20-24)30-21-23-11-5-8-14-27(23)32(30)28-15-9-6-12-25(28)26-13-7-10-16-29(26)32/h5-21H,3-4,33H2,1-2H3. The molecule has 0 aromatic heterocycles. The van der Waals surface area contributed by atoms with Crippen molar-refractivity contribution in [3.8, 4) is 11.1 Å². The quantitative estimate of drug-likeness (QED) is 0.358. The number of allylic oxidation sites excluding steroid dienone is 1. The summed E-state index contributed by atoms with van der Waals surface area (Å²) in [5.74, 6) is 0. The SMILES string of the molecule is CCC(N)(CC)c1ccc(C2=Cc3ccccc3C23c2ccccc2-c2ccccc23)cc1. The molecule has 4 aromatic carbocycles. The Morgan fingerprint density at radius 3 is 1.73 bits per heavy atom. The molecule has 0 fully saturated rings. The maximum Gasteiger partial charge on any atom is 0.0725 e. The first-order chi connectivity index (χ1) is 16.1. The number of fused-ring (bicyclic) bond motifs is 7. The lowest BCUT2D eigenvalue weighted by atomic mass is 9.68. The van der Waals surface area contributed by atoms with Crippen LogP contribution in [0.25, 0.3) is 22.8 Å². The maximum absolute atomic E-state index is 6.72. The zero-order chi connectivity index (χ0) is 22.6. The highest BCUT2D eigenvalue weighted by atomic mass is 14.7. The van der Waals surface area contributed by atoms with Crippen LogP contribution >= 0.6 is 0 Å². The molecule has 6 rings (SSSR count). The summed E-state index contributed by atoms with van der Waals surface area (Å²) in [4.78, 5) is 0. The van der Waals surface area contributed by atoms with Gasteiger partial charge in [0.2, 0.25) is 0 Å². The average molecular weight is 428 g/mol. The molecule has 0 saturated heterocycles. The summed E-state index contributed by atoms with van der Waals surface area (Å²) in [7, 11) is 0. The van der Waals surface area contributed by atoms with Gasteiger partial charge in [0.05, 0.1) is 5.41 Å². The fourth-order valence-corrected chi connectivity index (χ4v) is 6.13. The second-order valence-corrected chi connectivity index (χ2v) is 9.43. The molecule has 33 heavy (non-hydrogen) atoms. The van der Waals surface area contributed by atoms with Crippen molar-refractivity contribution in [3.05, 3.63) is 130 Å². The van der Waals surface area contributed by atoms with Crippen molar-refractivity contribution in [3.63, 3.8) is 0 Å². The van der Waals surface area contributed by atoms with E-state index in [2.05, 4.69) is 117 Å². The highest BCUT2D eigenvalue weighted by Gasteiger charge is 2.50. The van der Waals surface area contributed by atoms with Crippen molar-refractivity contribution < 1.29 is 0 Å². The summed E-state index contributed by atoms with van der Waals surface area (Å²) >= 11 is 0. The molecular formula is C32H29N. The minimum atomic E-state index is -0.291. The number of hydrogen-bond acceptors (Lipinski definition) is 1. The Balaban J connectivity index is 1.62. The van der Waals surface area contributed by atoms with E-state index in [0.717, 1.165) is 12.8 Å². The number of nitrogens with two attached hydrogens (primary N) is 1. The van der Waals surface area contributed by atoms with Gasteiger partial charge in [-0.05, 0) is 69.0 Å². The molecule has 1 heteroatoms. The van der Waals surface area contributed by atoms with Crippen LogP contribution in [0.3, 0.4) is 0 Å². The third kappa shape index (κ3) is 2.63. The van der Waals surface area contributed by atoms with E-state index in [4.69, 9.17) is 5.73 Å². The molecule has 0 atom stereocenters. The molecule has 162 valence electrons. The maximum atomic E-state index is 6.72. The zero-order valence-corrected chi connectivity index (χ0v) is 19.3. The van der Waals surface area contributed by atoms with E-state index in [0.29, 0.717) is 0 Å². The summed E-state index contributed by atoms with van der Waals surface area (Å²) in [6.07, 6.45) is 4.27. The highest BCUT2D eigenvalue weighted by molar-refractivity contribution is 6.05. The lowest BCUT2D eigenvalue weighted by Crippen LogP contribution is -2.35. The molecule has 2 aliphatic carbocycles. The summed E-state index contributed by atoms with van der Waals surface area (Å²) in [6.45, 7) is 4.35. The minimum absolute atomic E-state index is 0.268. The van der Waals surface area contributed by atoms with E-state index in [1.807, 2.05) is 0 Å². The van der Waals surface area contributed by atoms with E-state index in [1.165, 1.54) is 50.1 Å². The molecule has 2 N–H and O–H groups in total.